The lowest BCUT2D eigenvalue weighted by molar-refractivity contribution is 0.273. The van der Waals surface area contributed by atoms with Crippen LogP contribution < -0.4 is 0 Å². The van der Waals surface area contributed by atoms with Crippen molar-refractivity contribution in [1.82, 2.24) is 4.98 Å². The van der Waals surface area contributed by atoms with Gasteiger partial charge < -0.3 is 9.52 Å². The van der Waals surface area contributed by atoms with E-state index in [1.165, 1.54) is 25.7 Å². The predicted octanol–water partition coefficient (Wildman–Crippen LogP) is 1.68. The van der Waals surface area contributed by atoms with Crippen LogP contribution >= 0.6 is 0 Å². The van der Waals surface area contributed by atoms with E-state index in [4.69, 9.17) is 9.52 Å². The van der Waals surface area contributed by atoms with Crippen LogP contribution in [-0.4, -0.2) is 10.1 Å². The van der Waals surface area contributed by atoms with Gasteiger partial charge in [-0.1, -0.05) is 6.42 Å². The van der Waals surface area contributed by atoms with Gasteiger partial charge >= 0.3 is 0 Å². The molecule has 0 saturated heterocycles. The zero-order valence-corrected chi connectivity index (χ0v) is 7.44. The Hall–Kier alpha value is -0.830. The lowest BCUT2D eigenvalue weighted by atomic mass is 10.1. The SMILES string of the molecule is OCc1ncoc1C1C2CCCC21. The average molecular weight is 179 g/mol. The van der Waals surface area contributed by atoms with Gasteiger partial charge in [0.15, 0.2) is 6.39 Å². The molecular weight excluding hydrogens is 166 g/mol. The van der Waals surface area contributed by atoms with Gasteiger partial charge in [-0.15, -0.1) is 0 Å². The fraction of sp³-hybridized carbons (Fsp3) is 0.700. The molecule has 2 fully saturated rings. The van der Waals surface area contributed by atoms with E-state index >= 15 is 0 Å². The number of aromatic nitrogens is 1. The van der Waals surface area contributed by atoms with Gasteiger partial charge in [0.05, 0.1) is 6.61 Å². The number of rotatable bonds is 2. The summed E-state index contributed by atoms with van der Waals surface area (Å²) in [5.74, 6) is 3.20. The lowest BCUT2D eigenvalue weighted by Crippen LogP contribution is -1.92. The van der Waals surface area contributed by atoms with E-state index in [1.807, 2.05) is 0 Å². The summed E-state index contributed by atoms with van der Waals surface area (Å²) in [5.41, 5.74) is 0.749. The molecule has 2 aliphatic rings. The van der Waals surface area contributed by atoms with Crippen LogP contribution in [0.1, 0.15) is 36.6 Å². The van der Waals surface area contributed by atoms with Crippen LogP contribution in [0.15, 0.2) is 10.8 Å². The summed E-state index contributed by atoms with van der Waals surface area (Å²) in [6.07, 6.45) is 5.49. The van der Waals surface area contributed by atoms with Crippen LogP contribution in [0, 0.1) is 11.8 Å². The van der Waals surface area contributed by atoms with E-state index in [0.717, 1.165) is 23.3 Å². The van der Waals surface area contributed by atoms with Crippen molar-refractivity contribution >= 4 is 0 Å². The lowest BCUT2D eigenvalue weighted by Gasteiger charge is -1.99. The van der Waals surface area contributed by atoms with Gasteiger partial charge in [0.25, 0.3) is 0 Å². The molecule has 70 valence electrons. The summed E-state index contributed by atoms with van der Waals surface area (Å²) in [6, 6.07) is 0. The highest BCUT2D eigenvalue weighted by Crippen LogP contribution is 2.63. The molecule has 1 aromatic rings. The highest BCUT2D eigenvalue weighted by atomic mass is 16.3. The second-order valence-corrected chi connectivity index (χ2v) is 4.11. The summed E-state index contributed by atoms with van der Waals surface area (Å²) in [7, 11) is 0. The number of nitrogens with zero attached hydrogens (tertiary/aromatic N) is 1. The van der Waals surface area contributed by atoms with Crippen molar-refractivity contribution in [3.63, 3.8) is 0 Å². The monoisotopic (exact) mass is 179 g/mol. The minimum atomic E-state index is 0.0156. The number of aliphatic hydroxyl groups is 1. The molecule has 0 bridgehead atoms. The van der Waals surface area contributed by atoms with Crippen molar-refractivity contribution < 1.29 is 9.52 Å². The average Bonchev–Trinajstić information content (AvgIpc) is 2.65. The summed E-state index contributed by atoms with van der Waals surface area (Å²) in [5, 5.41) is 9.02. The first-order chi connectivity index (χ1) is 6.42. The van der Waals surface area contributed by atoms with Gasteiger partial charge in [-0.05, 0) is 24.7 Å². The smallest absolute Gasteiger partial charge is 0.181 e. The quantitative estimate of drug-likeness (QED) is 0.751. The third-order valence-electron chi connectivity index (χ3n) is 3.53. The van der Waals surface area contributed by atoms with Crippen LogP contribution in [0.5, 0.6) is 0 Å². The maximum absolute atomic E-state index is 9.02. The first-order valence-electron chi connectivity index (χ1n) is 4.95. The van der Waals surface area contributed by atoms with E-state index in [0.29, 0.717) is 5.92 Å². The molecule has 2 aliphatic carbocycles. The maximum atomic E-state index is 9.02. The number of hydrogen-bond acceptors (Lipinski definition) is 3. The Kier molecular flexibility index (Phi) is 1.50. The number of aliphatic hydroxyl groups excluding tert-OH is 1. The van der Waals surface area contributed by atoms with E-state index in [9.17, 15) is 0 Å². The molecule has 0 spiro atoms. The zero-order chi connectivity index (χ0) is 8.84. The molecule has 1 aromatic heterocycles. The molecule has 0 aromatic carbocycles. The normalized spacial score (nSPS) is 36.2. The van der Waals surface area contributed by atoms with E-state index < -0.39 is 0 Å². The molecule has 13 heavy (non-hydrogen) atoms. The first kappa shape index (κ1) is 7.56. The fourth-order valence-corrected chi connectivity index (χ4v) is 2.88. The Bertz CT molecular complexity index is 310. The van der Waals surface area contributed by atoms with Gasteiger partial charge in [0.2, 0.25) is 0 Å². The molecule has 0 amide bonds. The molecule has 2 atom stereocenters. The van der Waals surface area contributed by atoms with Gasteiger partial charge in [-0.3, -0.25) is 0 Å². The van der Waals surface area contributed by atoms with Gasteiger partial charge in [0.1, 0.15) is 11.5 Å². The third kappa shape index (κ3) is 0.967. The Balaban J connectivity index is 1.86. The number of fused-ring (bicyclic) bond motifs is 1. The Labute approximate surface area is 76.8 Å². The molecule has 3 rings (SSSR count). The summed E-state index contributed by atoms with van der Waals surface area (Å²) in [6.45, 7) is 0.0156. The van der Waals surface area contributed by atoms with Crippen LogP contribution in [0.2, 0.25) is 0 Å². The topological polar surface area (TPSA) is 46.3 Å². The maximum Gasteiger partial charge on any atom is 0.181 e. The first-order valence-corrected chi connectivity index (χ1v) is 4.95. The fourth-order valence-electron chi connectivity index (χ4n) is 2.88. The van der Waals surface area contributed by atoms with Crippen LogP contribution in [0.25, 0.3) is 0 Å². The van der Waals surface area contributed by atoms with Gasteiger partial charge in [-0.2, -0.15) is 0 Å². The molecule has 0 radical (unpaired) electrons. The largest absolute Gasteiger partial charge is 0.448 e. The Morgan fingerprint density at radius 2 is 2.23 bits per heavy atom. The second-order valence-electron chi connectivity index (χ2n) is 4.11. The molecule has 0 aliphatic heterocycles. The van der Waals surface area contributed by atoms with Crippen LogP contribution in [-0.2, 0) is 6.61 Å². The molecular formula is C10H13NO2. The number of oxazole rings is 1. The minimum Gasteiger partial charge on any atom is -0.448 e. The molecule has 3 nitrogen and oxygen atoms in total. The molecule has 2 saturated carbocycles. The standard InChI is InChI=1S/C10H13NO2/c12-4-8-10(13-5-11-8)9-6-2-1-3-7(6)9/h5-7,9,12H,1-4H2. The van der Waals surface area contributed by atoms with Crippen LogP contribution in [0.3, 0.4) is 0 Å². The molecule has 3 heteroatoms. The van der Waals surface area contributed by atoms with Crippen molar-refractivity contribution in [3.05, 3.63) is 17.8 Å². The van der Waals surface area contributed by atoms with Crippen molar-refractivity contribution in [2.45, 2.75) is 31.8 Å². The second kappa shape index (κ2) is 2.58. The zero-order valence-electron chi connectivity index (χ0n) is 7.44. The predicted molar refractivity (Wildman–Crippen MR) is 46.0 cm³/mol. The van der Waals surface area contributed by atoms with E-state index in [2.05, 4.69) is 4.98 Å². The Morgan fingerprint density at radius 1 is 1.46 bits per heavy atom. The molecule has 1 N–H and O–H groups in total. The van der Waals surface area contributed by atoms with E-state index in [-0.39, 0.29) is 6.61 Å². The summed E-state index contributed by atoms with van der Waals surface area (Å²) < 4.78 is 5.34. The van der Waals surface area contributed by atoms with Crippen molar-refractivity contribution in [2.24, 2.45) is 11.8 Å². The molecule has 2 unspecified atom stereocenters. The third-order valence-corrected chi connectivity index (χ3v) is 3.53. The Morgan fingerprint density at radius 3 is 2.92 bits per heavy atom. The summed E-state index contributed by atoms with van der Waals surface area (Å²) in [4.78, 5) is 4.01. The van der Waals surface area contributed by atoms with Crippen molar-refractivity contribution in [3.8, 4) is 0 Å². The highest BCUT2D eigenvalue weighted by molar-refractivity contribution is 5.24. The van der Waals surface area contributed by atoms with Crippen LogP contribution in [0.4, 0.5) is 0 Å². The van der Waals surface area contributed by atoms with Gasteiger partial charge in [0, 0.05) is 5.92 Å². The van der Waals surface area contributed by atoms with Crippen molar-refractivity contribution in [2.75, 3.05) is 0 Å². The minimum absolute atomic E-state index is 0.0156. The van der Waals surface area contributed by atoms with Gasteiger partial charge in [-0.25, -0.2) is 4.98 Å². The van der Waals surface area contributed by atoms with Crippen molar-refractivity contribution in [1.29, 1.82) is 0 Å². The molecule has 1 heterocycles. The highest BCUT2D eigenvalue weighted by Gasteiger charge is 2.55. The summed E-state index contributed by atoms with van der Waals surface area (Å²) >= 11 is 0. The number of hydrogen-bond donors (Lipinski definition) is 1. The van der Waals surface area contributed by atoms with E-state index in [1.54, 1.807) is 0 Å².